The minimum Gasteiger partial charge on any atom is -0.494 e. The monoisotopic (exact) mass is 1030 g/mol. The van der Waals surface area contributed by atoms with E-state index in [2.05, 4.69) is 13.8 Å². The quantitative estimate of drug-likeness (QED) is 0.0213. The van der Waals surface area contributed by atoms with Crippen molar-refractivity contribution in [3.63, 3.8) is 0 Å². The van der Waals surface area contributed by atoms with Gasteiger partial charge in [0.2, 0.25) is 0 Å². The van der Waals surface area contributed by atoms with Crippen LogP contribution in [0.3, 0.4) is 0 Å². The van der Waals surface area contributed by atoms with E-state index in [-0.39, 0.29) is 34.1 Å². The first kappa shape index (κ1) is 58.3. The van der Waals surface area contributed by atoms with Gasteiger partial charge in [0.05, 0.1) is 35.5 Å². The molecular weight excluding hydrogens is 953 g/mol. The number of hydrogen-bond acceptors (Lipinski definition) is 10. The number of benzene rings is 6. The van der Waals surface area contributed by atoms with Gasteiger partial charge in [0.1, 0.15) is 23.0 Å². The lowest BCUT2D eigenvalue weighted by Crippen LogP contribution is -2.13. The van der Waals surface area contributed by atoms with Crippen molar-refractivity contribution in [2.24, 2.45) is 0 Å². The molecule has 0 spiro atoms. The second kappa shape index (κ2) is 33.9. The number of carbonyl (C=O) groups excluding carboxylic acids is 4. The van der Waals surface area contributed by atoms with E-state index in [4.69, 9.17) is 28.4 Å². The molecule has 10 nitrogen and oxygen atoms in total. The third kappa shape index (κ3) is 20.6. The van der Waals surface area contributed by atoms with Crippen LogP contribution in [0, 0.1) is 0 Å². The van der Waals surface area contributed by atoms with E-state index in [1.807, 2.05) is 12.1 Å². The maximum atomic E-state index is 13.6. The molecule has 404 valence electrons. The Hall–Kier alpha value is -6.94. The first-order valence-corrected chi connectivity index (χ1v) is 28.4. The molecule has 0 radical (unpaired) electrons. The lowest BCUT2D eigenvalue weighted by atomic mass is 10.1. The smallest absolute Gasteiger partial charge is 0.343 e. The fourth-order valence-electron chi connectivity index (χ4n) is 9.01. The minimum absolute atomic E-state index is 0.0281. The van der Waals surface area contributed by atoms with Gasteiger partial charge in [-0.15, -0.1) is 0 Å². The normalized spacial score (nSPS) is 11.0. The van der Waals surface area contributed by atoms with Crippen molar-refractivity contribution in [3.05, 3.63) is 156 Å². The molecule has 6 aromatic rings. The van der Waals surface area contributed by atoms with Crippen molar-refractivity contribution in [1.29, 1.82) is 0 Å². The van der Waals surface area contributed by atoms with Gasteiger partial charge in [0, 0.05) is 5.39 Å². The molecule has 0 bridgehead atoms. The summed E-state index contributed by atoms with van der Waals surface area (Å²) in [6.45, 7) is 5.78. The predicted octanol–water partition coefficient (Wildman–Crippen LogP) is 17.9. The first-order valence-electron chi connectivity index (χ1n) is 28.4. The summed E-state index contributed by atoms with van der Waals surface area (Å²) >= 11 is 0. The summed E-state index contributed by atoms with van der Waals surface area (Å²) < 4.78 is 34.8. The van der Waals surface area contributed by atoms with Gasteiger partial charge in [0.15, 0.2) is 11.5 Å². The number of hydrogen-bond donors (Lipinski definition) is 0. The number of fused-ring (bicyclic) bond motifs is 1. The van der Waals surface area contributed by atoms with Gasteiger partial charge >= 0.3 is 23.9 Å². The maximum absolute atomic E-state index is 13.6. The zero-order valence-corrected chi connectivity index (χ0v) is 45.2. The third-order valence-corrected chi connectivity index (χ3v) is 13.6. The lowest BCUT2D eigenvalue weighted by molar-refractivity contribution is 0.0684. The third-order valence-electron chi connectivity index (χ3n) is 13.6. The number of rotatable bonds is 36. The Bertz CT molecular complexity index is 2640. The minimum atomic E-state index is -0.715. The predicted molar refractivity (Wildman–Crippen MR) is 303 cm³/mol. The molecule has 0 amide bonds. The van der Waals surface area contributed by atoms with Crippen molar-refractivity contribution < 1.29 is 47.6 Å². The van der Waals surface area contributed by atoms with Crippen LogP contribution in [-0.4, -0.2) is 37.1 Å². The van der Waals surface area contributed by atoms with Gasteiger partial charge < -0.3 is 28.4 Å². The van der Waals surface area contributed by atoms with E-state index in [1.165, 1.54) is 177 Å². The number of carbonyl (C=O) groups is 4. The molecule has 0 saturated heterocycles. The van der Waals surface area contributed by atoms with Crippen LogP contribution in [0.15, 0.2) is 133 Å². The van der Waals surface area contributed by atoms with E-state index in [1.54, 1.807) is 72.8 Å². The summed E-state index contributed by atoms with van der Waals surface area (Å²) in [5.41, 5.74) is 1.08. The van der Waals surface area contributed by atoms with Gasteiger partial charge in [-0.2, -0.15) is 0 Å². The molecule has 0 N–H and O–H groups in total. The van der Waals surface area contributed by atoms with Gasteiger partial charge in [-0.25, -0.2) is 19.2 Å². The Balaban J connectivity index is 0.914. The van der Waals surface area contributed by atoms with Crippen molar-refractivity contribution in [3.8, 4) is 34.5 Å². The van der Waals surface area contributed by atoms with E-state index < -0.39 is 23.9 Å². The van der Waals surface area contributed by atoms with Crippen LogP contribution < -0.4 is 28.4 Å². The molecule has 0 heterocycles. The zero-order valence-electron chi connectivity index (χ0n) is 45.2. The number of unbranched alkanes of at least 4 members (excludes halogenated alkanes) is 22. The van der Waals surface area contributed by atoms with Gasteiger partial charge in [-0.1, -0.05) is 185 Å². The Morgan fingerprint density at radius 1 is 0.303 bits per heavy atom. The second-order valence-corrected chi connectivity index (χ2v) is 19.7. The van der Waals surface area contributed by atoms with Crippen LogP contribution in [0.2, 0.25) is 0 Å². The Kier molecular flexibility index (Phi) is 26.0. The van der Waals surface area contributed by atoms with Crippen LogP contribution in [0.1, 0.15) is 209 Å². The fourth-order valence-corrected chi connectivity index (χ4v) is 9.01. The standard InChI is InChI=1S/C66H80O10/c1-3-5-7-9-11-13-15-17-19-21-23-27-49-71-56-40-31-52(32-41-56)63(67)73-58-44-35-54(36-45-58)65(69)75-61-48-39-51-29-25-26-30-60(51)62(61)76-66(70)55-37-46-59(47-38-55)74-64(68)53-33-42-57(43-34-53)72-50-28-24-22-20-18-16-14-12-10-8-6-4-2/h25-26,29-48H,3-24,27-28,49-50H2,1-2H3. The summed E-state index contributed by atoms with van der Waals surface area (Å²) in [7, 11) is 0. The van der Waals surface area contributed by atoms with Crippen LogP contribution >= 0.6 is 0 Å². The summed E-state index contributed by atoms with van der Waals surface area (Å²) in [4.78, 5) is 53.1. The van der Waals surface area contributed by atoms with E-state index >= 15 is 0 Å². The number of ether oxygens (including phenoxy) is 6. The van der Waals surface area contributed by atoms with Gasteiger partial charge in [-0.3, -0.25) is 0 Å². The van der Waals surface area contributed by atoms with Crippen molar-refractivity contribution in [2.45, 2.75) is 168 Å². The topological polar surface area (TPSA) is 124 Å². The SMILES string of the molecule is CCCCCCCCCCCCCCOc1ccc(C(=O)Oc2ccc(C(=O)Oc3ccc4ccccc4c3OC(=O)c3ccc(OC(=O)c4ccc(OCCCCCCCCCCCCCC)cc4)cc3)cc2)cc1. The molecule has 0 aromatic heterocycles. The largest absolute Gasteiger partial charge is 0.494 e. The highest BCUT2D eigenvalue weighted by Gasteiger charge is 2.20. The molecule has 0 aliphatic carbocycles. The van der Waals surface area contributed by atoms with E-state index in [0.29, 0.717) is 41.2 Å². The Morgan fingerprint density at radius 3 is 1.00 bits per heavy atom. The summed E-state index contributed by atoms with van der Waals surface area (Å²) in [5, 5.41) is 1.31. The van der Waals surface area contributed by atoms with Crippen LogP contribution in [0.5, 0.6) is 34.5 Å². The molecule has 76 heavy (non-hydrogen) atoms. The van der Waals surface area contributed by atoms with Gasteiger partial charge in [-0.05, 0) is 121 Å². The first-order chi connectivity index (χ1) is 37.3. The second-order valence-electron chi connectivity index (χ2n) is 19.7. The van der Waals surface area contributed by atoms with E-state index in [0.717, 1.165) is 31.1 Å². The molecule has 10 heteroatoms. The molecule has 0 fully saturated rings. The molecule has 6 aromatic carbocycles. The molecular formula is C66H80O10. The maximum Gasteiger partial charge on any atom is 0.343 e. The molecule has 0 atom stereocenters. The van der Waals surface area contributed by atoms with Crippen LogP contribution in [0.4, 0.5) is 0 Å². The Labute approximate surface area is 451 Å². The highest BCUT2D eigenvalue weighted by molar-refractivity contribution is 5.99. The molecule has 0 aliphatic rings. The molecule has 0 unspecified atom stereocenters. The van der Waals surface area contributed by atoms with Crippen LogP contribution in [0.25, 0.3) is 10.8 Å². The highest BCUT2D eigenvalue weighted by atomic mass is 16.6. The molecule has 0 aliphatic heterocycles. The summed E-state index contributed by atoms with van der Waals surface area (Å²) in [5.74, 6) is -0.557. The lowest BCUT2D eigenvalue weighted by Gasteiger charge is -2.14. The Morgan fingerprint density at radius 2 is 0.618 bits per heavy atom. The van der Waals surface area contributed by atoms with Gasteiger partial charge in [0.25, 0.3) is 0 Å². The molecule has 6 rings (SSSR count). The van der Waals surface area contributed by atoms with Crippen LogP contribution in [-0.2, 0) is 0 Å². The zero-order chi connectivity index (χ0) is 53.4. The van der Waals surface area contributed by atoms with E-state index in [9.17, 15) is 19.2 Å². The average Bonchev–Trinajstić information content (AvgIpc) is 3.46. The highest BCUT2D eigenvalue weighted by Crippen LogP contribution is 2.37. The summed E-state index contributed by atoms with van der Waals surface area (Å²) in [6, 6.07) is 36.3. The average molecular weight is 1030 g/mol. The fraction of sp³-hybridized carbons (Fsp3) is 0.424. The van der Waals surface area contributed by atoms with Crippen molar-refractivity contribution in [1.82, 2.24) is 0 Å². The van der Waals surface area contributed by atoms with Crippen molar-refractivity contribution >= 4 is 34.6 Å². The summed E-state index contributed by atoms with van der Waals surface area (Å²) in [6.07, 6.45) is 30.8. The number of esters is 4. The molecule has 0 saturated carbocycles. The van der Waals surface area contributed by atoms with Crippen molar-refractivity contribution in [2.75, 3.05) is 13.2 Å².